The number of halogens is 1. The predicted molar refractivity (Wildman–Crippen MR) is 88.9 cm³/mol. The first-order chi connectivity index (χ1) is 10.5. The summed E-state index contributed by atoms with van der Waals surface area (Å²) in [6.45, 7) is 3.83. The molecule has 0 fully saturated rings. The van der Waals surface area contributed by atoms with Gasteiger partial charge in [0, 0.05) is 16.3 Å². The van der Waals surface area contributed by atoms with Crippen LogP contribution in [0, 0.1) is 0 Å². The Morgan fingerprint density at radius 3 is 2.82 bits per heavy atom. The molecule has 1 aromatic carbocycles. The monoisotopic (exact) mass is 340 g/mol. The minimum Gasteiger partial charge on any atom is -0.496 e. The lowest BCUT2D eigenvalue weighted by Gasteiger charge is -2.30. The molecule has 0 radical (unpaired) electrons. The van der Waals surface area contributed by atoms with Crippen molar-refractivity contribution in [1.29, 1.82) is 0 Å². The number of thiocarbonyl (C=S) groups is 1. The van der Waals surface area contributed by atoms with Gasteiger partial charge in [0.25, 0.3) is 0 Å². The fraction of sp³-hybridized carbons (Fsp3) is 0.333. The average Bonchev–Trinajstić information content (AvgIpc) is 2.46. The fourth-order valence-electron chi connectivity index (χ4n) is 2.34. The van der Waals surface area contributed by atoms with Gasteiger partial charge in [-0.1, -0.05) is 11.6 Å². The van der Waals surface area contributed by atoms with Crippen molar-refractivity contribution in [2.45, 2.75) is 19.9 Å². The van der Waals surface area contributed by atoms with Crippen molar-refractivity contribution in [3.05, 3.63) is 40.1 Å². The molecule has 2 rings (SSSR count). The topological polar surface area (TPSA) is 59.6 Å². The highest BCUT2D eigenvalue weighted by molar-refractivity contribution is 7.80. The van der Waals surface area contributed by atoms with Crippen LogP contribution < -0.4 is 15.4 Å². The lowest BCUT2D eigenvalue weighted by molar-refractivity contribution is -0.139. The van der Waals surface area contributed by atoms with Crippen molar-refractivity contribution < 1.29 is 14.3 Å². The summed E-state index contributed by atoms with van der Waals surface area (Å²) in [5.74, 6) is 0.204. The fourth-order valence-corrected chi connectivity index (χ4v) is 2.79. The number of carbonyl (C=O) groups excluding carboxylic acids is 1. The van der Waals surface area contributed by atoms with Crippen LogP contribution >= 0.6 is 23.8 Å². The van der Waals surface area contributed by atoms with Crippen molar-refractivity contribution in [2.75, 3.05) is 13.7 Å². The number of carbonyl (C=O) groups is 1. The molecule has 1 aliphatic rings. The average molecular weight is 341 g/mol. The molecule has 1 heterocycles. The molecule has 0 saturated heterocycles. The van der Waals surface area contributed by atoms with Gasteiger partial charge < -0.3 is 20.1 Å². The highest BCUT2D eigenvalue weighted by Gasteiger charge is 2.32. The highest BCUT2D eigenvalue weighted by Crippen LogP contribution is 2.35. The van der Waals surface area contributed by atoms with Crippen LogP contribution in [0.2, 0.25) is 5.02 Å². The van der Waals surface area contributed by atoms with Gasteiger partial charge in [-0.3, -0.25) is 0 Å². The molecule has 0 amide bonds. The van der Waals surface area contributed by atoms with Crippen LogP contribution in [-0.2, 0) is 9.53 Å². The third-order valence-electron chi connectivity index (χ3n) is 3.27. The van der Waals surface area contributed by atoms with Gasteiger partial charge in [0.05, 0.1) is 25.3 Å². The molecule has 0 saturated carbocycles. The number of esters is 1. The van der Waals surface area contributed by atoms with Crippen molar-refractivity contribution in [3.63, 3.8) is 0 Å². The summed E-state index contributed by atoms with van der Waals surface area (Å²) in [4.78, 5) is 12.3. The molecule has 1 aromatic rings. The summed E-state index contributed by atoms with van der Waals surface area (Å²) in [6.07, 6.45) is 0. The summed E-state index contributed by atoms with van der Waals surface area (Å²) in [7, 11) is 1.56. The number of benzene rings is 1. The second kappa shape index (κ2) is 6.98. The summed E-state index contributed by atoms with van der Waals surface area (Å²) in [5.41, 5.74) is 1.83. The van der Waals surface area contributed by atoms with E-state index in [9.17, 15) is 4.79 Å². The van der Waals surface area contributed by atoms with Crippen LogP contribution in [0.25, 0.3) is 0 Å². The molecule has 0 bridgehead atoms. The molecule has 0 unspecified atom stereocenters. The number of methoxy groups -OCH3 is 1. The standard InChI is InChI=1S/C15H17ClN2O3S/c1-4-21-14(19)12-8(2)17-15(22)18-13(12)10-7-9(16)5-6-11(10)20-3/h5-7,13H,4H2,1-3H3,(H2,17,18,22)/t13-/m0/s1. The second-order valence-electron chi connectivity index (χ2n) is 4.68. The summed E-state index contributed by atoms with van der Waals surface area (Å²) in [5, 5.41) is 7.00. The van der Waals surface area contributed by atoms with Gasteiger partial charge in [-0.2, -0.15) is 0 Å². The molecule has 118 valence electrons. The van der Waals surface area contributed by atoms with E-state index in [1.807, 2.05) is 0 Å². The zero-order valence-corrected chi connectivity index (χ0v) is 14.1. The number of allylic oxidation sites excluding steroid dienone is 1. The number of ether oxygens (including phenoxy) is 2. The van der Waals surface area contributed by atoms with E-state index in [0.29, 0.717) is 33.8 Å². The third kappa shape index (κ3) is 3.34. The van der Waals surface area contributed by atoms with E-state index in [-0.39, 0.29) is 0 Å². The summed E-state index contributed by atoms with van der Waals surface area (Å²) >= 11 is 11.3. The van der Waals surface area contributed by atoms with Crippen molar-refractivity contribution >= 4 is 34.9 Å². The van der Waals surface area contributed by atoms with Gasteiger partial charge in [0.1, 0.15) is 5.75 Å². The molecular weight excluding hydrogens is 324 g/mol. The number of nitrogens with one attached hydrogen (secondary N) is 2. The molecule has 0 spiro atoms. The van der Waals surface area contributed by atoms with E-state index in [1.165, 1.54) is 0 Å². The van der Waals surface area contributed by atoms with Gasteiger partial charge in [0.2, 0.25) is 0 Å². The summed E-state index contributed by atoms with van der Waals surface area (Å²) < 4.78 is 10.5. The lowest BCUT2D eigenvalue weighted by atomic mass is 9.95. The van der Waals surface area contributed by atoms with E-state index < -0.39 is 12.0 Å². The van der Waals surface area contributed by atoms with Gasteiger partial charge in [-0.05, 0) is 44.3 Å². The Morgan fingerprint density at radius 2 is 2.18 bits per heavy atom. The van der Waals surface area contributed by atoms with Crippen LogP contribution in [0.3, 0.4) is 0 Å². The highest BCUT2D eigenvalue weighted by atomic mass is 35.5. The van der Waals surface area contributed by atoms with Crippen LogP contribution in [0.5, 0.6) is 5.75 Å². The lowest BCUT2D eigenvalue weighted by Crippen LogP contribution is -2.45. The molecule has 7 heteroatoms. The number of hydrogen-bond acceptors (Lipinski definition) is 4. The maximum Gasteiger partial charge on any atom is 0.338 e. The normalized spacial score (nSPS) is 17.6. The minimum atomic E-state index is -0.485. The quantitative estimate of drug-likeness (QED) is 0.649. The summed E-state index contributed by atoms with van der Waals surface area (Å²) in [6, 6.07) is 4.74. The predicted octanol–water partition coefficient (Wildman–Crippen LogP) is 2.70. The molecule has 5 nitrogen and oxygen atoms in total. The molecule has 1 aliphatic heterocycles. The zero-order valence-electron chi connectivity index (χ0n) is 12.5. The maximum atomic E-state index is 12.3. The number of hydrogen-bond donors (Lipinski definition) is 2. The Bertz CT molecular complexity index is 646. The van der Waals surface area contributed by atoms with E-state index in [2.05, 4.69) is 10.6 Å². The largest absolute Gasteiger partial charge is 0.496 e. The first-order valence-electron chi connectivity index (χ1n) is 6.76. The Balaban J connectivity index is 2.55. The zero-order chi connectivity index (χ0) is 16.3. The van der Waals surface area contributed by atoms with Crippen LogP contribution in [0.4, 0.5) is 0 Å². The molecular formula is C15H17ClN2O3S. The van der Waals surface area contributed by atoms with Crippen molar-refractivity contribution in [2.24, 2.45) is 0 Å². The van der Waals surface area contributed by atoms with Crippen LogP contribution in [-0.4, -0.2) is 24.8 Å². The molecule has 0 aliphatic carbocycles. The van der Waals surface area contributed by atoms with E-state index in [0.717, 1.165) is 5.56 Å². The van der Waals surface area contributed by atoms with E-state index >= 15 is 0 Å². The Kier molecular flexibility index (Phi) is 5.26. The van der Waals surface area contributed by atoms with E-state index in [1.54, 1.807) is 39.2 Å². The number of rotatable bonds is 4. The first-order valence-corrected chi connectivity index (χ1v) is 7.55. The third-order valence-corrected chi connectivity index (χ3v) is 3.72. The Morgan fingerprint density at radius 1 is 1.45 bits per heavy atom. The van der Waals surface area contributed by atoms with Gasteiger partial charge in [-0.15, -0.1) is 0 Å². The van der Waals surface area contributed by atoms with Crippen molar-refractivity contribution in [3.8, 4) is 5.75 Å². The smallest absolute Gasteiger partial charge is 0.338 e. The van der Waals surface area contributed by atoms with Gasteiger partial charge in [0.15, 0.2) is 5.11 Å². The Labute approximate surface area is 139 Å². The Hall–Kier alpha value is -1.79. The molecule has 0 aromatic heterocycles. The van der Waals surface area contributed by atoms with Gasteiger partial charge in [-0.25, -0.2) is 4.79 Å². The molecule has 22 heavy (non-hydrogen) atoms. The maximum absolute atomic E-state index is 12.3. The SMILES string of the molecule is CCOC(=O)C1=C(C)NC(=S)N[C@H]1c1cc(Cl)ccc1OC. The van der Waals surface area contributed by atoms with Crippen LogP contribution in [0.15, 0.2) is 29.5 Å². The molecule has 1 atom stereocenters. The first kappa shape index (κ1) is 16.6. The van der Waals surface area contributed by atoms with Crippen molar-refractivity contribution in [1.82, 2.24) is 10.6 Å². The second-order valence-corrected chi connectivity index (χ2v) is 5.52. The van der Waals surface area contributed by atoms with E-state index in [4.69, 9.17) is 33.3 Å². The van der Waals surface area contributed by atoms with Crippen LogP contribution in [0.1, 0.15) is 25.5 Å². The van der Waals surface area contributed by atoms with Gasteiger partial charge >= 0.3 is 5.97 Å². The molecule has 2 N–H and O–H groups in total. The minimum absolute atomic E-state index is 0.291.